The zero-order chi connectivity index (χ0) is 14.0. The molecule has 3 nitrogen and oxygen atoms in total. The topological polar surface area (TPSA) is 43.1 Å². The first-order valence-electron chi connectivity index (χ1n) is 5.04. The van der Waals surface area contributed by atoms with Crippen molar-refractivity contribution in [3.05, 3.63) is 61.0 Å². The van der Waals surface area contributed by atoms with Gasteiger partial charge in [-0.05, 0) is 40.2 Å². The lowest BCUT2D eigenvalue weighted by Gasteiger charge is -2.06. The van der Waals surface area contributed by atoms with E-state index in [-0.39, 0.29) is 5.69 Å². The summed E-state index contributed by atoms with van der Waals surface area (Å²) in [6, 6.07) is 9.81. The fourth-order valence-corrected chi connectivity index (χ4v) is 3.32. The van der Waals surface area contributed by atoms with Crippen LogP contribution in [0.3, 0.4) is 0 Å². The van der Waals surface area contributed by atoms with Gasteiger partial charge in [-0.15, -0.1) is 0 Å². The molecule has 0 aromatic heterocycles. The van der Waals surface area contributed by atoms with Crippen LogP contribution in [0.1, 0.15) is 0 Å². The summed E-state index contributed by atoms with van der Waals surface area (Å²) in [4.78, 5) is 11.9. The van der Waals surface area contributed by atoms with Crippen LogP contribution in [0, 0.1) is 10.1 Å². The summed E-state index contributed by atoms with van der Waals surface area (Å²) in [6.45, 7) is 0. The molecule has 0 N–H and O–H groups in total. The van der Waals surface area contributed by atoms with Gasteiger partial charge in [-0.1, -0.05) is 35.0 Å². The Morgan fingerprint density at radius 1 is 1.11 bits per heavy atom. The molecule has 19 heavy (non-hydrogen) atoms. The molecule has 0 amide bonds. The second-order valence-corrected chi connectivity index (χ2v) is 6.33. The molecule has 0 saturated carbocycles. The number of nitrogens with zero attached hydrogens (tertiary/aromatic N) is 1. The zero-order valence-corrected chi connectivity index (χ0v) is 13.2. The van der Waals surface area contributed by atoms with Gasteiger partial charge in [-0.3, -0.25) is 10.1 Å². The average Bonchev–Trinajstić information content (AvgIpc) is 2.34. The van der Waals surface area contributed by atoms with Gasteiger partial charge < -0.3 is 0 Å². The molecule has 0 unspecified atom stereocenters. The molecule has 0 fully saturated rings. The molecule has 0 aliphatic carbocycles. The lowest BCUT2D eigenvalue weighted by atomic mass is 10.3. The highest BCUT2D eigenvalue weighted by Gasteiger charge is 2.11. The SMILES string of the molecule is O=[N+]([O-])c1ccc(Sc2ccc(Cl)cc2Cl)c(Br)c1. The number of hydrogen-bond acceptors (Lipinski definition) is 3. The Hall–Kier alpha value is -0.750. The molecular weight excluding hydrogens is 373 g/mol. The summed E-state index contributed by atoms with van der Waals surface area (Å²) in [5.74, 6) is 0. The van der Waals surface area contributed by atoms with E-state index in [4.69, 9.17) is 23.2 Å². The van der Waals surface area contributed by atoms with E-state index in [0.29, 0.717) is 14.5 Å². The second kappa shape index (κ2) is 6.13. The van der Waals surface area contributed by atoms with Crippen LogP contribution >= 0.6 is 50.9 Å². The number of hydrogen-bond donors (Lipinski definition) is 0. The first-order chi connectivity index (χ1) is 8.97. The Morgan fingerprint density at radius 2 is 1.79 bits per heavy atom. The van der Waals surface area contributed by atoms with Gasteiger partial charge >= 0.3 is 0 Å². The molecule has 98 valence electrons. The summed E-state index contributed by atoms with van der Waals surface area (Å²) in [5.41, 5.74) is 0.0402. The minimum absolute atomic E-state index is 0.0402. The van der Waals surface area contributed by atoms with Gasteiger partial charge in [0.25, 0.3) is 5.69 Å². The number of rotatable bonds is 3. The number of nitro groups is 1. The fraction of sp³-hybridized carbons (Fsp3) is 0. The van der Waals surface area contributed by atoms with Crippen molar-refractivity contribution in [1.29, 1.82) is 0 Å². The van der Waals surface area contributed by atoms with Crippen molar-refractivity contribution >= 4 is 56.6 Å². The van der Waals surface area contributed by atoms with E-state index in [9.17, 15) is 10.1 Å². The molecule has 7 heteroatoms. The van der Waals surface area contributed by atoms with Gasteiger partial charge in [0.2, 0.25) is 0 Å². The van der Waals surface area contributed by atoms with E-state index in [1.54, 1.807) is 18.2 Å². The maximum atomic E-state index is 10.7. The van der Waals surface area contributed by atoms with Crippen molar-refractivity contribution in [2.45, 2.75) is 9.79 Å². The Kier molecular flexibility index (Phi) is 4.73. The molecule has 0 spiro atoms. The van der Waals surface area contributed by atoms with E-state index in [0.717, 1.165) is 9.79 Å². The molecule has 2 aromatic carbocycles. The highest BCUT2D eigenvalue weighted by atomic mass is 79.9. The van der Waals surface area contributed by atoms with Crippen molar-refractivity contribution in [2.24, 2.45) is 0 Å². The van der Waals surface area contributed by atoms with Crippen LogP contribution in [-0.4, -0.2) is 4.92 Å². The largest absolute Gasteiger partial charge is 0.270 e. The van der Waals surface area contributed by atoms with Crippen molar-refractivity contribution in [3.63, 3.8) is 0 Å². The van der Waals surface area contributed by atoms with Crippen molar-refractivity contribution in [1.82, 2.24) is 0 Å². The Balaban J connectivity index is 2.31. The standard InChI is InChI=1S/C12H6BrCl2NO2S/c13-9-6-8(16(17)18)2-4-11(9)19-12-3-1-7(14)5-10(12)15/h1-6H. The third kappa shape index (κ3) is 3.63. The van der Waals surface area contributed by atoms with Crippen LogP contribution in [0.2, 0.25) is 10.0 Å². The van der Waals surface area contributed by atoms with E-state index >= 15 is 0 Å². The minimum Gasteiger partial charge on any atom is -0.258 e. The second-order valence-electron chi connectivity index (χ2n) is 3.55. The Labute approximate surface area is 132 Å². The van der Waals surface area contributed by atoms with Crippen LogP contribution in [0.5, 0.6) is 0 Å². The number of non-ortho nitro benzene ring substituents is 1. The van der Waals surface area contributed by atoms with Gasteiger partial charge in [0.15, 0.2) is 0 Å². The summed E-state index contributed by atoms with van der Waals surface area (Å²) >= 11 is 16.6. The quantitative estimate of drug-likeness (QED) is 0.499. The smallest absolute Gasteiger partial charge is 0.258 e. The van der Waals surface area contributed by atoms with Gasteiger partial charge in [0.1, 0.15) is 0 Å². The monoisotopic (exact) mass is 377 g/mol. The maximum absolute atomic E-state index is 10.7. The van der Waals surface area contributed by atoms with E-state index in [1.807, 2.05) is 6.07 Å². The molecular formula is C12H6BrCl2NO2S. The normalized spacial score (nSPS) is 10.5. The predicted octanol–water partition coefficient (Wildman–Crippen LogP) is 5.82. The molecule has 0 aliphatic heterocycles. The first-order valence-corrected chi connectivity index (χ1v) is 7.41. The molecule has 0 radical (unpaired) electrons. The molecule has 2 rings (SSSR count). The van der Waals surface area contributed by atoms with Crippen molar-refractivity contribution in [2.75, 3.05) is 0 Å². The lowest BCUT2D eigenvalue weighted by Crippen LogP contribution is -1.88. The third-order valence-corrected chi connectivity index (χ3v) is 4.97. The van der Waals surface area contributed by atoms with E-state index in [2.05, 4.69) is 15.9 Å². The maximum Gasteiger partial charge on any atom is 0.270 e. The summed E-state index contributed by atoms with van der Waals surface area (Å²) in [7, 11) is 0. The Bertz CT molecular complexity index is 652. The van der Waals surface area contributed by atoms with Crippen molar-refractivity contribution < 1.29 is 4.92 Å². The minimum atomic E-state index is -0.436. The third-order valence-electron chi connectivity index (χ3n) is 2.24. The zero-order valence-electron chi connectivity index (χ0n) is 9.27. The Morgan fingerprint density at radius 3 is 2.37 bits per heavy atom. The molecule has 0 atom stereocenters. The fourth-order valence-electron chi connectivity index (χ4n) is 1.36. The van der Waals surface area contributed by atoms with Crippen LogP contribution in [0.25, 0.3) is 0 Å². The number of nitro benzene ring substituents is 1. The van der Waals surface area contributed by atoms with Gasteiger partial charge in [-0.25, -0.2) is 0 Å². The number of halogens is 3. The van der Waals surface area contributed by atoms with Crippen molar-refractivity contribution in [3.8, 4) is 0 Å². The highest BCUT2D eigenvalue weighted by molar-refractivity contribution is 9.10. The van der Waals surface area contributed by atoms with E-state index in [1.165, 1.54) is 23.9 Å². The lowest BCUT2D eigenvalue weighted by molar-refractivity contribution is -0.385. The van der Waals surface area contributed by atoms with Gasteiger partial charge in [0, 0.05) is 31.4 Å². The summed E-state index contributed by atoms with van der Waals surface area (Å²) < 4.78 is 0.651. The van der Waals surface area contributed by atoms with Gasteiger partial charge in [0.05, 0.1) is 9.95 Å². The van der Waals surface area contributed by atoms with Crippen LogP contribution in [-0.2, 0) is 0 Å². The molecule has 0 aliphatic rings. The number of benzene rings is 2. The van der Waals surface area contributed by atoms with Crippen LogP contribution < -0.4 is 0 Å². The molecule has 0 bridgehead atoms. The van der Waals surface area contributed by atoms with E-state index < -0.39 is 4.92 Å². The molecule has 2 aromatic rings. The molecule has 0 saturated heterocycles. The average molecular weight is 379 g/mol. The predicted molar refractivity (Wildman–Crippen MR) is 81.4 cm³/mol. The van der Waals surface area contributed by atoms with Gasteiger partial charge in [-0.2, -0.15) is 0 Å². The van der Waals surface area contributed by atoms with Crippen LogP contribution in [0.15, 0.2) is 50.7 Å². The first kappa shape index (κ1) is 14.7. The highest BCUT2D eigenvalue weighted by Crippen LogP contribution is 2.39. The summed E-state index contributed by atoms with van der Waals surface area (Å²) in [6.07, 6.45) is 0. The molecule has 0 heterocycles. The van der Waals surface area contributed by atoms with Crippen LogP contribution in [0.4, 0.5) is 5.69 Å². The summed E-state index contributed by atoms with van der Waals surface area (Å²) in [5, 5.41) is 11.8.